The lowest BCUT2D eigenvalue weighted by Crippen LogP contribution is -2.16. The van der Waals surface area contributed by atoms with E-state index in [1.165, 1.54) is 5.56 Å². The highest BCUT2D eigenvalue weighted by Gasteiger charge is 2.12. The summed E-state index contributed by atoms with van der Waals surface area (Å²) in [6.45, 7) is 4.22. The molecule has 0 fully saturated rings. The van der Waals surface area contributed by atoms with Crippen molar-refractivity contribution in [2.75, 3.05) is 17.2 Å². The van der Waals surface area contributed by atoms with Gasteiger partial charge < -0.3 is 15.2 Å². The molecule has 0 unspecified atom stereocenters. The number of rotatable bonds is 6. The number of aromatic nitrogens is 3. The number of nitrogens with one attached hydrogen (secondary N) is 2. The van der Waals surface area contributed by atoms with Crippen molar-refractivity contribution >= 4 is 17.5 Å². The van der Waals surface area contributed by atoms with Crippen LogP contribution in [-0.4, -0.2) is 27.6 Å². The van der Waals surface area contributed by atoms with Crippen molar-refractivity contribution in [1.29, 1.82) is 0 Å². The third-order valence-electron chi connectivity index (χ3n) is 3.50. The minimum atomic E-state index is -0.357. The molecule has 2 heterocycles. The first-order chi connectivity index (χ1) is 12.1. The minimum absolute atomic E-state index is 0.273. The summed E-state index contributed by atoms with van der Waals surface area (Å²) in [5.74, 6) is 1.76. The van der Waals surface area contributed by atoms with Crippen molar-refractivity contribution in [3.05, 3.63) is 65.3 Å². The molecule has 0 bridgehead atoms. The fourth-order valence-electron chi connectivity index (χ4n) is 2.36. The second-order valence-corrected chi connectivity index (χ2v) is 5.62. The third kappa shape index (κ3) is 4.63. The van der Waals surface area contributed by atoms with E-state index in [0.717, 1.165) is 6.42 Å². The van der Waals surface area contributed by atoms with Gasteiger partial charge >= 0.3 is 0 Å². The molecular weight excluding hydrogens is 318 g/mol. The summed E-state index contributed by atoms with van der Waals surface area (Å²) in [6.07, 6.45) is 0.865. The van der Waals surface area contributed by atoms with Crippen LogP contribution in [0.1, 0.15) is 27.6 Å². The largest absolute Gasteiger partial charge is 0.370 e. The first-order valence-electron chi connectivity index (χ1n) is 7.98. The summed E-state index contributed by atoms with van der Waals surface area (Å²) >= 11 is 0. The predicted molar refractivity (Wildman–Crippen MR) is 94.6 cm³/mol. The number of benzene rings is 1. The molecule has 2 aromatic heterocycles. The van der Waals surface area contributed by atoms with E-state index in [2.05, 4.69) is 37.9 Å². The zero-order valence-corrected chi connectivity index (χ0v) is 14.1. The maximum absolute atomic E-state index is 12.3. The Morgan fingerprint density at radius 3 is 2.60 bits per heavy atom. The lowest BCUT2D eigenvalue weighted by Gasteiger charge is -2.08. The number of aryl methyl sites for hydroxylation is 2. The second kappa shape index (κ2) is 7.57. The van der Waals surface area contributed by atoms with Crippen LogP contribution < -0.4 is 10.6 Å². The predicted octanol–water partition coefficient (Wildman–Crippen LogP) is 2.99. The fourth-order valence-corrected chi connectivity index (χ4v) is 2.36. The van der Waals surface area contributed by atoms with Crippen LogP contribution in [0.15, 0.2) is 47.0 Å². The van der Waals surface area contributed by atoms with Crippen LogP contribution in [0, 0.1) is 13.8 Å². The normalized spacial score (nSPS) is 10.5. The summed E-state index contributed by atoms with van der Waals surface area (Å²) in [4.78, 5) is 20.8. The summed E-state index contributed by atoms with van der Waals surface area (Å²) in [7, 11) is 0. The molecule has 2 N–H and O–H groups in total. The number of hydrogen-bond acceptors (Lipinski definition) is 6. The molecule has 0 aliphatic heterocycles. The Bertz CT molecular complexity index is 861. The molecule has 3 rings (SSSR count). The van der Waals surface area contributed by atoms with E-state index < -0.39 is 0 Å². The first-order valence-corrected chi connectivity index (χ1v) is 7.98. The Morgan fingerprint density at radius 2 is 1.88 bits per heavy atom. The lowest BCUT2D eigenvalue weighted by atomic mass is 10.1. The molecule has 0 radical (unpaired) electrons. The maximum Gasteiger partial charge on any atom is 0.275 e. The second-order valence-electron chi connectivity index (χ2n) is 5.62. The van der Waals surface area contributed by atoms with Gasteiger partial charge in [0.15, 0.2) is 5.82 Å². The SMILES string of the molecule is Cc1nc(NCCc2ccccc2)cc(C(=O)Nc2cc(C)on2)n1. The van der Waals surface area contributed by atoms with Crippen LogP contribution >= 0.6 is 0 Å². The Hall–Kier alpha value is -3.22. The Balaban J connectivity index is 1.64. The zero-order valence-electron chi connectivity index (χ0n) is 14.1. The van der Waals surface area contributed by atoms with Crippen LogP contribution in [0.25, 0.3) is 0 Å². The fraction of sp³-hybridized carbons (Fsp3) is 0.222. The Morgan fingerprint density at radius 1 is 1.08 bits per heavy atom. The van der Waals surface area contributed by atoms with Gasteiger partial charge in [-0.3, -0.25) is 4.79 Å². The quantitative estimate of drug-likeness (QED) is 0.718. The van der Waals surface area contributed by atoms with Crippen molar-refractivity contribution in [3.8, 4) is 0 Å². The number of nitrogens with zero attached hydrogens (tertiary/aromatic N) is 3. The molecular formula is C18H19N5O2. The number of amides is 1. The number of carbonyl (C=O) groups is 1. The van der Waals surface area contributed by atoms with E-state index in [0.29, 0.717) is 29.8 Å². The lowest BCUT2D eigenvalue weighted by molar-refractivity contribution is 0.102. The van der Waals surface area contributed by atoms with E-state index in [4.69, 9.17) is 4.52 Å². The molecule has 1 amide bonds. The van der Waals surface area contributed by atoms with Crippen molar-refractivity contribution < 1.29 is 9.32 Å². The van der Waals surface area contributed by atoms with Gasteiger partial charge in [0.2, 0.25) is 0 Å². The van der Waals surface area contributed by atoms with Crippen LogP contribution in [0.5, 0.6) is 0 Å². The average Bonchev–Trinajstić information content (AvgIpc) is 3.00. The van der Waals surface area contributed by atoms with Crippen LogP contribution in [0.3, 0.4) is 0 Å². The maximum atomic E-state index is 12.3. The van der Waals surface area contributed by atoms with Crippen molar-refractivity contribution in [3.63, 3.8) is 0 Å². The molecule has 0 aliphatic rings. The molecule has 0 saturated carbocycles. The monoisotopic (exact) mass is 337 g/mol. The third-order valence-corrected chi connectivity index (χ3v) is 3.50. The summed E-state index contributed by atoms with van der Waals surface area (Å²) in [5.41, 5.74) is 1.51. The number of carbonyl (C=O) groups excluding carboxylic acids is 1. The van der Waals surface area contributed by atoms with Gasteiger partial charge in [0.05, 0.1) is 0 Å². The molecule has 0 saturated heterocycles. The van der Waals surface area contributed by atoms with E-state index in [-0.39, 0.29) is 11.6 Å². The Kier molecular flexibility index (Phi) is 5.03. The standard InChI is InChI=1S/C18H19N5O2/c1-12-10-17(23-25-12)22-18(24)15-11-16(21-13(2)20-15)19-9-8-14-6-4-3-5-7-14/h3-7,10-11H,8-9H2,1-2H3,(H,19,20,21)(H,22,23,24). The summed E-state index contributed by atoms with van der Waals surface area (Å²) < 4.78 is 4.93. The van der Waals surface area contributed by atoms with Gasteiger partial charge in [0, 0.05) is 18.7 Å². The van der Waals surface area contributed by atoms with E-state index >= 15 is 0 Å². The van der Waals surface area contributed by atoms with Crippen molar-refractivity contribution in [2.45, 2.75) is 20.3 Å². The molecule has 7 nitrogen and oxygen atoms in total. The van der Waals surface area contributed by atoms with Gasteiger partial charge in [0.25, 0.3) is 5.91 Å². The first kappa shape index (κ1) is 16.6. The molecule has 128 valence electrons. The number of anilines is 2. The molecule has 25 heavy (non-hydrogen) atoms. The molecule has 0 aliphatic carbocycles. The van der Waals surface area contributed by atoms with E-state index in [1.54, 1.807) is 26.0 Å². The van der Waals surface area contributed by atoms with Crippen LogP contribution in [-0.2, 0) is 6.42 Å². The number of hydrogen-bond donors (Lipinski definition) is 2. The van der Waals surface area contributed by atoms with Gasteiger partial charge in [-0.05, 0) is 25.8 Å². The van der Waals surface area contributed by atoms with Gasteiger partial charge in [-0.1, -0.05) is 35.5 Å². The highest BCUT2D eigenvalue weighted by molar-refractivity contribution is 6.02. The molecule has 1 aromatic carbocycles. The molecule has 3 aromatic rings. The molecule has 7 heteroatoms. The Labute approximate surface area is 145 Å². The molecule has 0 spiro atoms. The minimum Gasteiger partial charge on any atom is -0.370 e. The van der Waals surface area contributed by atoms with Crippen molar-refractivity contribution in [2.24, 2.45) is 0 Å². The van der Waals surface area contributed by atoms with E-state index in [1.807, 2.05) is 18.2 Å². The summed E-state index contributed by atoms with van der Waals surface area (Å²) in [5, 5.41) is 9.63. The van der Waals surface area contributed by atoms with Crippen LogP contribution in [0.2, 0.25) is 0 Å². The average molecular weight is 337 g/mol. The zero-order chi connectivity index (χ0) is 17.6. The van der Waals surface area contributed by atoms with Crippen LogP contribution in [0.4, 0.5) is 11.6 Å². The van der Waals surface area contributed by atoms with Gasteiger partial charge in [-0.15, -0.1) is 0 Å². The van der Waals surface area contributed by atoms with Crippen molar-refractivity contribution in [1.82, 2.24) is 15.1 Å². The van der Waals surface area contributed by atoms with Gasteiger partial charge in [0.1, 0.15) is 23.1 Å². The molecule has 0 atom stereocenters. The topological polar surface area (TPSA) is 92.9 Å². The highest BCUT2D eigenvalue weighted by Crippen LogP contribution is 2.11. The van der Waals surface area contributed by atoms with E-state index in [9.17, 15) is 4.79 Å². The smallest absolute Gasteiger partial charge is 0.275 e. The van der Waals surface area contributed by atoms with Gasteiger partial charge in [-0.2, -0.15) is 0 Å². The van der Waals surface area contributed by atoms with Gasteiger partial charge in [-0.25, -0.2) is 9.97 Å². The summed E-state index contributed by atoms with van der Waals surface area (Å²) in [6, 6.07) is 13.4. The highest BCUT2D eigenvalue weighted by atomic mass is 16.5.